The Bertz CT molecular complexity index is 425. The number of nitrogens with one attached hydrogen (secondary N) is 1. The van der Waals surface area contributed by atoms with Crippen LogP contribution >= 0.6 is 0 Å². The maximum Gasteiger partial charge on any atom is 0.0978 e. The second kappa shape index (κ2) is 5.76. The highest BCUT2D eigenvalue weighted by Crippen LogP contribution is 2.26. The van der Waals surface area contributed by atoms with E-state index in [2.05, 4.69) is 16.3 Å². The number of hydrogen-bond acceptors (Lipinski definition) is 2. The zero-order valence-electron chi connectivity index (χ0n) is 11.6. The average molecular weight is 266 g/mol. The third-order valence-corrected chi connectivity index (χ3v) is 4.47. The lowest BCUT2D eigenvalue weighted by atomic mass is 9.91. The molecule has 1 rings (SSSR count). The molecule has 100 valence electrons. The standard InChI is InChI=1S/C14H22N2OS/c1-6-9-14(5,12-8-7-10-15-11-12)16-18(17)13(2,3)4/h6-8,10-11,16H,1,9H2,2-5H3/t14-,18+/m1/s1. The number of rotatable bonds is 5. The van der Waals surface area contributed by atoms with Gasteiger partial charge in [0, 0.05) is 12.4 Å². The summed E-state index contributed by atoms with van der Waals surface area (Å²) in [6.45, 7) is 11.7. The van der Waals surface area contributed by atoms with Gasteiger partial charge in [0.1, 0.15) is 0 Å². The highest BCUT2D eigenvalue weighted by molar-refractivity contribution is 7.84. The lowest BCUT2D eigenvalue weighted by molar-refractivity contribution is 0.445. The molecule has 1 heterocycles. The quantitative estimate of drug-likeness (QED) is 0.833. The predicted molar refractivity (Wildman–Crippen MR) is 77.4 cm³/mol. The van der Waals surface area contributed by atoms with E-state index in [-0.39, 0.29) is 4.75 Å². The normalized spacial score (nSPS) is 16.9. The molecular weight excluding hydrogens is 244 g/mol. The largest absolute Gasteiger partial charge is 0.264 e. The van der Waals surface area contributed by atoms with Crippen molar-refractivity contribution >= 4 is 11.0 Å². The van der Waals surface area contributed by atoms with Crippen molar-refractivity contribution in [3.05, 3.63) is 42.7 Å². The molecule has 0 aliphatic rings. The van der Waals surface area contributed by atoms with Crippen LogP contribution in [0, 0.1) is 0 Å². The maximum absolute atomic E-state index is 12.3. The molecule has 2 atom stereocenters. The SMILES string of the molecule is C=CC[C@@](C)(N[S@@](=O)C(C)(C)C)c1cccnc1. The molecule has 3 nitrogen and oxygen atoms in total. The zero-order chi connectivity index (χ0) is 13.8. The van der Waals surface area contributed by atoms with Crippen molar-refractivity contribution in [3.8, 4) is 0 Å². The first-order chi connectivity index (χ1) is 8.29. The van der Waals surface area contributed by atoms with Gasteiger partial charge in [0.2, 0.25) is 0 Å². The molecule has 18 heavy (non-hydrogen) atoms. The average Bonchev–Trinajstić information content (AvgIpc) is 2.29. The van der Waals surface area contributed by atoms with E-state index in [4.69, 9.17) is 0 Å². The van der Waals surface area contributed by atoms with Crippen LogP contribution in [0.2, 0.25) is 0 Å². The minimum Gasteiger partial charge on any atom is -0.264 e. The Morgan fingerprint density at radius 2 is 2.11 bits per heavy atom. The smallest absolute Gasteiger partial charge is 0.0978 e. The fourth-order valence-corrected chi connectivity index (χ4v) is 2.47. The van der Waals surface area contributed by atoms with Crippen molar-refractivity contribution in [2.45, 2.75) is 44.4 Å². The fourth-order valence-electron chi connectivity index (χ4n) is 1.55. The number of pyridine rings is 1. The summed E-state index contributed by atoms with van der Waals surface area (Å²) < 4.78 is 15.2. The van der Waals surface area contributed by atoms with Crippen molar-refractivity contribution < 1.29 is 4.21 Å². The van der Waals surface area contributed by atoms with Crippen LogP contribution in [-0.4, -0.2) is 13.9 Å². The molecule has 0 unspecified atom stereocenters. The van der Waals surface area contributed by atoms with Gasteiger partial charge in [-0.15, -0.1) is 6.58 Å². The van der Waals surface area contributed by atoms with E-state index >= 15 is 0 Å². The van der Waals surface area contributed by atoms with Gasteiger partial charge in [-0.25, -0.2) is 8.93 Å². The zero-order valence-corrected chi connectivity index (χ0v) is 12.4. The van der Waals surface area contributed by atoms with Crippen LogP contribution < -0.4 is 4.72 Å². The van der Waals surface area contributed by atoms with Crippen molar-refractivity contribution in [3.63, 3.8) is 0 Å². The molecule has 0 saturated heterocycles. The fraction of sp³-hybridized carbons (Fsp3) is 0.500. The van der Waals surface area contributed by atoms with Crippen molar-refractivity contribution in [2.24, 2.45) is 0 Å². The van der Waals surface area contributed by atoms with E-state index in [0.717, 1.165) is 5.56 Å². The first-order valence-electron chi connectivity index (χ1n) is 6.01. The Morgan fingerprint density at radius 1 is 1.44 bits per heavy atom. The van der Waals surface area contributed by atoms with Crippen LogP contribution in [0.1, 0.15) is 39.7 Å². The lowest BCUT2D eigenvalue weighted by Crippen LogP contribution is -2.46. The topological polar surface area (TPSA) is 42.0 Å². The summed E-state index contributed by atoms with van der Waals surface area (Å²) >= 11 is 0. The molecule has 0 spiro atoms. The van der Waals surface area contributed by atoms with Crippen molar-refractivity contribution in [1.82, 2.24) is 9.71 Å². The van der Waals surface area contributed by atoms with E-state index in [1.54, 1.807) is 12.4 Å². The summed E-state index contributed by atoms with van der Waals surface area (Å²) in [6, 6.07) is 3.88. The van der Waals surface area contributed by atoms with Gasteiger partial charge in [-0.05, 0) is 45.7 Å². The van der Waals surface area contributed by atoms with Gasteiger partial charge >= 0.3 is 0 Å². The van der Waals surface area contributed by atoms with Crippen LogP contribution in [0.25, 0.3) is 0 Å². The summed E-state index contributed by atoms with van der Waals surface area (Å²) in [5, 5.41) is 0. The van der Waals surface area contributed by atoms with Crippen LogP contribution in [0.4, 0.5) is 0 Å². The molecule has 0 amide bonds. The Labute approximate surface area is 112 Å². The van der Waals surface area contributed by atoms with Gasteiger partial charge in [-0.2, -0.15) is 0 Å². The Balaban J connectivity index is 3.02. The van der Waals surface area contributed by atoms with Gasteiger partial charge in [0.15, 0.2) is 0 Å². The molecule has 0 aromatic carbocycles. The summed E-state index contributed by atoms with van der Waals surface area (Å²) in [6.07, 6.45) is 6.06. The van der Waals surface area contributed by atoms with Crippen molar-refractivity contribution in [2.75, 3.05) is 0 Å². The van der Waals surface area contributed by atoms with E-state index in [1.807, 2.05) is 45.9 Å². The first kappa shape index (κ1) is 15.1. The highest BCUT2D eigenvalue weighted by atomic mass is 32.2. The predicted octanol–water partition coefficient (Wildman–Crippen LogP) is 2.92. The Morgan fingerprint density at radius 3 is 2.56 bits per heavy atom. The molecule has 4 heteroatoms. The van der Waals surface area contributed by atoms with E-state index < -0.39 is 16.5 Å². The molecule has 0 bridgehead atoms. The van der Waals surface area contributed by atoms with Crippen molar-refractivity contribution in [1.29, 1.82) is 0 Å². The van der Waals surface area contributed by atoms with E-state index in [1.165, 1.54) is 0 Å². The van der Waals surface area contributed by atoms with E-state index in [0.29, 0.717) is 6.42 Å². The minimum atomic E-state index is -1.13. The monoisotopic (exact) mass is 266 g/mol. The van der Waals surface area contributed by atoms with Gasteiger partial charge in [0.05, 0.1) is 21.3 Å². The lowest BCUT2D eigenvalue weighted by Gasteiger charge is -2.32. The summed E-state index contributed by atoms with van der Waals surface area (Å²) in [5.41, 5.74) is 0.608. The number of aromatic nitrogens is 1. The van der Waals surface area contributed by atoms with Crippen LogP contribution in [0.3, 0.4) is 0 Å². The van der Waals surface area contributed by atoms with Crippen LogP contribution in [-0.2, 0) is 16.5 Å². The molecule has 0 radical (unpaired) electrons. The number of nitrogens with zero attached hydrogens (tertiary/aromatic N) is 1. The van der Waals surface area contributed by atoms with Gasteiger partial charge in [-0.1, -0.05) is 12.1 Å². The maximum atomic E-state index is 12.3. The third-order valence-electron chi connectivity index (χ3n) is 2.73. The first-order valence-corrected chi connectivity index (χ1v) is 7.16. The molecule has 1 aromatic heterocycles. The molecule has 1 N–H and O–H groups in total. The molecule has 0 aliphatic heterocycles. The second-order valence-electron chi connectivity index (χ2n) is 5.55. The van der Waals surface area contributed by atoms with Gasteiger partial charge in [-0.3, -0.25) is 4.98 Å². The van der Waals surface area contributed by atoms with Gasteiger partial charge < -0.3 is 0 Å². The summed E-state index contributed by atoms with van der Waals surface area (Å²) in [5.74, 6) is 0. The number of hydrogen-bond donors (Lipinski definition) is 1. The van der Waals surface area contributed by atoms with Gasteiger partial charge in [0.25, 0.3) is 0 Å². The summed E-state index contributed by atoms with van der Waals surface area (Å²) in [7, 11) is -1.13. The molecule has 0 aliphatic carbocycles. The van der Waals surface area contributed by atoms with Crippen LogP contribution in [0.5, 0.6) is 0 Å². The molecule has 1 aromatic rings. The third kappa shape index (κ3) is 3.75. The molecular formula is C14H22N2OS. The minimum absolute atomic E-state index is 0.301. The Kier molecular flexibility index (Phi) is 4.82. The highest BCUT2D eigenvalue weighted by Gasteiger charge is 2.31. The second-order valence-corrected chi connectivity index (χ2v) is 7.52. The Hall–Kier alpha value is -1.00. The summed E-state index contributed by atoms with van der Waals surface area (Å²) in [4.78, 5) is 4.13. The van der Waals surface area contributed by atoms with Crippen LogP contribution in [0.15, 0.2) is 37.2 Å². The molecule has 0 saturated carbocycles. The van der Waals surface area contributed by atoms with E-state index in [9.17, 15) is 4.21 Å². The molecule has 0 fully saturated rings.